The second kappa shape index (κ2) is 6.48. The van der Waals surface area contributed by atoms with Crippen LogP contribution < -0.4 is 5.32 Å². The average Bonchev–Trinajstić information content (AvgIpc) is 2.96. The fourth-order valence-corrected chi connectivity index (χ4v) is 2.48. The van der Waals surface area contributed by atoms with Gasteiger partial charge >= 0.3 is 5.97 Å². The number of nitrogens with one attached hydrogen (secondary N) is 2. The predicted octanol–water partition coefficient (Wildman–Crippen LogP) is 3.21. The van der Waals surface area contributed by atoms with E-state index in [-0.39, 0.29) is 6.42 Å². The summed E-state index contributed by atoms with van der Waals surface area (Å²) >= 11 is 0. The Morgan fingerprint density at radius 3 is 2.78 bits per heavy atom. The highest BCUT2D eigenvalue weighted by Gasteiger charge is 2.10. The molecular weight excluding hydrogens is 292 g/mol. The third kappa shape index (κ3) is 3.48. The van der Waals surface area contributed by atoms with Crippen LogP contribution in [-0.4, -0.2) is 32.6 Å². The van der Waals surface area contributed by atoms with Crippen molar-refractivity contribution in [2.45, 2.75) is 19.8 Å². The molecule has 0 atom stereocenters. The summed E-state index contributed by atoms with van der Waals surface area (Å²) in [6, 6.07) is 12.0. The van der Waals surface area contributed by atoms with E-state index in [1.165, 1.54) is 0 Å². The zero-order chi connectivity index (χ0) is 16.2. The number of fused-ring (bicyclic) bond motifs is 1. The highest BCUT2D eigenvalue weighted by Crippen LogP contribution is 2.26. The van der Waals surface area contributed by atoms with E-state index < -0.39 is 5.97 Å². The van der Waals surface area contributed by atoms with Gasteiger partial charge in [0.2, 0.25) is 0 Å². The molecule has 3 N–H and O–H groups in total. The van der Waals surface area contributed by atoms with Crippen LogP contribution in [-0.2, 0) is 4.79 Å². The van der Waals surface area contributed by atoms with Crippen LogP contribution in [0.5, 0.6) is 0 Å². The van der Waals surface area contributed by atoms with Gasteiger partial charge in [0.25, 0.3) is 0 Å². The van der Waals surface area contributed by atoms with Gasteiger partial charge in [0.1, 0.15) is 11.3 Å². The molecule has 2 aromatic heterocycles. The monoisotopic (exact) mass is 310 g/mol. The van der Waals surface area contributed by atoms with E-state index in [2.05, 4.69) is 20.3 Å². The Morgan fingerprint density at radius 2 is 2.04 bits per heavy atom. The van der Waals surface area contributed by atoms with Crippen LogP contribution in [0.25, 0.3) is 22.3 Å². The summed E-state index contributed by atoms with van der Waals surface area (Å²) in [5, 5.41) is 11.9. The van der Waals surface area contributed by atoms with E-state index in [4.69, 9.17) is 5.11 Å². The molecule has 118 valence electrons. The molecule has 23 heavy (non-hydrogen) atoms. The van der Waals surface area contributed by atoms with Crippen LogP contribution in [0, 0.1) is 6.92 Å². The van der Waals surface area contributed by atoms with Gasteiger partial charge in [0, 0.05) is 18.7 Å². The first kappa shape index (κ1) is 15.0. The first-order chi connectivity index (χ1) is 11.1. The molecule has 0 radical (unpaired) electrons. The van der Waals surface area contributed by atoms with Crippen LogP contribution in [0.4, 0.5) is 5.82 Å². The number of rotatable bonds is 6. The molecule has 3 rings (SSSR count). The topological polar surface area (TPSA) is 90.9 Å². The molecule has 2 heterocycles. The Labute approximate surface area is 133 Å². The number of carboxylic acid groups (broad SMARTS) is 1. The quantitative estimate of drug-likeness (QED) is 0.608. The maximum atomic E-state index is 10.6. The smallest absolute Gasteiger partial charge is 0.303 e. The van der Waals surface area contributed by atoms with Gasteiger partial charge in [-0.2, -0.15) is 0 Å². The number of H-pyrrole nitrogens is 1. The molecular formula is C17H18N4O2. The van der Waals surface area contributed by atoms with Crippen molar-refractivity contribution in [1.82, 2.24) is 15.0 Å². The highest BCUT2D eigenvalue weighted by molar-refractivity contribution is 5.90. The molecule has 0 bridgehead atoms. The second-order valence-electron chi connectivity index (χ2n) is 5.35. The lowest BCUT2D eigenvalue weighted by Crippen LogP contribution is -2.07. The Bertz CT molecular complexity index is 827. The summed E-state index contributed by atoms with van der Waals surface area (Å²) in [4.78, 5) is 22.8. The van der Waals surface area contributed by atoms with Gasteiger partial charge in [-0.1, -0.05) is 30.3 Å². The van der Waals surface area contributed by atoms with Crippen molar-refractivity contribution in [1.29, 1.82) is 0 Å². The van der Waals surface area contributed by atoms with Crippen LogP contribution in [0.15, 0.2) is 36.4 Å². The maximum Gasteiger partial charge on any atom is 0.303 e. The standard InChI is InChI=1S/C17H18N4O2/c1-11-19-14-10-13(12-6-3-2-4-7-12)21-16(14)17(20-11)18-9-5-8-15(22)23/h2-4,6-7,10,21H,5,8-9H2,1H3,(H,22,23)(H,18,19,20). The summed E-state index contributed by atoms with van der Waals surface area (Å²) < 4.78 is 0. The number of hydrogen-bond donors (Lipinski definition) is 3. The molecule has 6 nitrogen and oxygen atoms in total. The van der Waals surface area contributed by atoms with Crippen LogP contribution in [0.1, 0.15) is 18.7 Å². The minimum Gasteiger partial charge on any atom is -0.481 e. The Hall–Kier alpha value is -2.89. The van der Waals surface area contributed by atoms with Gasteiger partial charge in [-0.25, -0.2) is 9.97 Å². The molecule has 0 aliphatic rings. The predicted molar refractivity (Wildman–Crippen MR) is 89.4 cm³/mol. The lowest BCUT2D eigenvalue weighted by Gasteiger charge is -2.06. The number of aliphatic carboxylic acids is 1. The molecule has 1 aromatic carbocycles. The third-order valence-electron chi connectivity index (χ3n) is 3.53. The van der Waals surface area contributed by atoms with Gasteiger partial charge < -0.3 is 15.4 Å². The molecule has 0 amide bonds. The number of aromatic nitrogens is 3. The lowest BCUT2D eigenvalue weighted by atomic mass is 10.2. The summed E-state index contributed by atoms with van der Waals surface area (Å²) in [5.74, 6) is 0.596. The fraction of sp³-hybridized carbons (Fsp3) is 0.235. The normalized spacial score (nSPS) is 10.8. The largest absolute Gasteiger partial charge is 0.481 e. The summed E-state index contributed by atoms with van der Waals surface area (Å²) in [5.41, 5.74) is 3.75. The highest BCUT2D eigenvalue weighted by atomic mass is 16.4. The minimum absolute atomic E-state index is 0.139. The van der Waals surface area contributed by atoms with Gasteiger partial charge in [0.15, 0.2) is 5.82 Å². The van der Waals surface area contributed by atoms with Crippen LogP contribution in [0.3, 0.4) is 0 Å². The van der Waals surface area contributed by atoms with E-state index in [0.29, 0.717) is 24.6 Å². The van der Waals surface area contributed by atoms with E-state index in [1.807, 2.05) is 43.3 Å². The molecule has 0 saturated carbocycles. The third-order valence-corrected chi connectivity index (χ3v) is 3.53. The number of nitrogens with zero attached hydrogens (tertiary/aromatic N) is 2. The van der Waals surface area contributed by atoms with E-state index in [0.717, 1.165) is 22.3 Å². The van der Waals surface area contributed by atoms with E-state index in [1.54, 1.807) is 0 Å². The van der Waals surface area contributed by atoms with Crippen LogP contribution in [0.2, 0.25) is 0 Å². The minimum atomic E-state index is -0.790. The van der Waals surface area contributed by atoms with E-state index in [9.17, 15) is 4.79 Å². The van der Waals surface area contributed by atoms with Crippen molar-refractivity contribution in [2.24, 2.45) is 0 Å². The second-order valence-corrected chi connectivity index (χ2v) is 5.35. The van der Waals surface area contributed by atoms with Crippen molar-refractivity contribution in [3.05, 3.63) is 42.2 Å². The van der Waals surface area contributed by atoms with Gasteiger partial charge in [-0.05, 0) is 25.0 Å². The van der Waals surface area contributed by atoms with Gasteiger partial charge in [-0.15, -0.1) is 0 Å². The first-order valence-electron chi connectivity index (χ1n) is 7.52. The number of carboxylic acids is 1. The Balaban J connectivity index is 1.88. The SMILES string of the molecule is Cc1nc(NCCCC(=O)O)c2[nH]c(-c3ccccc3)cc2n1. The number of aromatic amines is 1. The number of benzene rings is 1. The molecule has 0 aliphatic heterocycles. The number of aryl methyl sites for hydroxylation is 1. The maximum absolute atomic E-state index is 10.6. The molecule has 0 spiro atoms. The van der Waals surface area contributed by atoms with Gasteiger partial charge in [0.05, 0.1) is 5.52 Å². The zero-order valence-electron chi connectivity index (χ0n) is 12.8. The van der Waals surface area contributed by atoms with Crippen molar-refractivity contribution in [3.63, 3.8) is 0 Å². The van der Waals surface area contributed by atoms with E-state index >= 15 is 0 Å². The zero-order valence-corrected chi connectivity index (χ0v) is 12.8. The summed E-state index contributed by atoms with van der Waals surface area (Å²) in [7, 11) is 0. The fourth-order valence-electron chi connectivity index (χ4n) is 2.48. The van der Waals surface area contributed by atoms with Gasteiger partial charge in [-0.3, -0.25) is 4.79 Å². The van der Waals surface area contributed by atoms with Crippen molar-refractivity contribution in [2.75, 3.05) is 11.9 Å². The number of carbonyl (C=O) groups is 1. The average molecular weight is 310 g/mol. The first-order valence-corrected chi connectivity index (χ1v) is 7.52. The molecule has 3 aromatic rings. The lowest BCUT2D eigenvalue weighted by molar-refractivity contribution is -0.137. The van der Waals surface area contributed by atoms with Crippen molar-refractivity contribution in [3.8, 4) is 11.3 Å². The summed E-state index contributed by atoms with van der Waals surface area (Å²) in [6.07, 6.45) is 0.687. The summed E-state index contributed by atoms with van der Waals surface area (Å²) in [6.45, 7) is 2.40. The van der Waals surface area contributed by atoms with Crippen LogP contribution >= 0.6 is 0 Å². The Kier molecular flexibility index (Phi) is 4.23. The molecule has 6 heteroatoms. The molecule has 0 saturated heterocycles. The van der Waals surface area contributed by atoms with Crippen molar-refractivity contribution >= 4 is 22.8 Å². The molecule has 0 unspecified atom stereocenters. The Morgan fingerprint density at radius 1 is 1.26 bits per heavy atom. The number of hydrogen-bond acceptors (Lipinski definition) is 4. The molecule has 0 fully saturated rings. The molecule has 0 aliphatic carbocycles. The van der Waals surface area contributed by atoms with Crippen molar-refractivity contribution < 1.29 is 9.90 Å². The number of anilines is 1.